The summed E-state index contributed by atoms with van der Waals surface area (Å²) < 4.78 is 10.4. The Kier molecular flexibility index (Phi) is 6.28. The maximum atomic E-state index is 12.3. The summed E-state index contributed by atoms with van der Waals surface area (Å²) in [6.07, 6.45) is 0.683. The van der Waals surface area contributed by atoms with Crippen LogP contribution in [0.5, 0.6) is 5.75 Å². The van der Waals surface area contributed by atoms with Gasteiger partial charge in [0.25, 0.3) is 5.91 Å². The van der Waals surface area contributed by atoms with E-state index in [1.165, 1.54) is 0 Å². The molecule has 8 nitrogen and oxygen atoms in total. The van der Waals surface area contributed by atoms with Crippen molar-refractivity contribution in [3.05, 3.63) is 24.3 Å². The van der Waals surface area contributed by atoms with Gasteiger partial charge in [-0.15, -0.1) is 0 Å². The van der Waals surface area contributed by atoms with E-state index in [1.54, 1.807) is 12.0 Å². The number of nitrogens with one attached hydrogen (secondary N) is 1. The van der Waals surface area contributed by atoms with E-state index < -0.39 is 17.8 Å². The van der Waals surface area contributed by atoms with E-state index in [2.05, 4.69) is 10.2 Å². The Hall–Kier alpha value is -2.61. The van der Waals surface area contributed by atoms with Crippen LogP contribution in [0.4, 0.5) is 5.69 Å². The molecule has 0 radical (unpaired) electrons. The van der Waals surface area contributed by atoms with Crippen LogP contribution in [0.2, 0.25) is 0 Å². The molecule has 0 spiro atoms. The Labute approximate surface area is 158 Å². The lowest BCUT2D eigenvalue weighted by molar-refractivity contribution is -0.144. The molecule has 2 aliphatic rings. The fourth-order valence-electron chi connectivity index (χ4n) is 3.29. The van der Waals surface area contributed by atoms with Gasteiger partial charge in [0.1, 0.15) is 11.9 Å². The molecule has 1 aromatic rings. The lowest BCUT2D eigenvalue weighted by Gasteiger charge is -2.36. The summed E-state index contributed by atoms with van der Waals surface area (Å²) in [5.74, 6) is -0.713. The third-order valence-corrected chi connectivity index (χ3v) is 4.92. The standard InChI is InChI=1S/C19H25N3O5/c1-26-15-6-4-14(5-7-15)21-8-10-22(11-9-21)17(23)13-20-19(25)18(24)16-3-2-12-27-16/h4-7,16H,2-3,8-13H2,1H3,(H,20,25). The SMILES string of the molecule is COc1ccc(N2CCN(C(=O)CNC(=O)C(=O)C3CCCO3)CC2)cc1. The smallest absolute Gasteiger partial charge is 0.290 e. The number of hydrogen-bond acceptors (Lipinski definition) is 6. The molecule has 2 amide bonds. The van der Waals surface area contributed by atoms with E-state index in [4.69, 9.17) is 9.47 Å². The zero-order valence-electron chi connectivity index (χ0n) is 15.5. The molecule has 3 rings (SSSR count). The van der Waals surface area contributed by atoms with Gasteiger partial charge in [-0.25, -0.2) is 0 Å². The molecule has 2 heterocycles. The van der Waals surface area contributed by atoms with Crippen molar-refractivity contribution in [3.63, 3.8) is 0 Å². The van der Waals surface area contributed by atoms with Crippen molar-refractivity contribution in [1.29, 1.82) is 0 Å². The summed E-state index contributed by atoms with van der Waals surface area (Å²) in [6, 6.07) is 7.81. The second-order valence-corrected chi connectivity index (χ2v) is 6.61. The van der Waals surface area contributed by atoms with Crippen LogP contribution in [0.25, 0.3) is 0 Å². The summed E-state index contributed by atoms with van der Waals surface area (Å²) in [5, 5.41) is 2.42. The van der Waals surface area contributed by atoms with Gasteiger partial charge in [-0.2, -0.15) is 0 Å². The molecule has 0 saturated carbocycles. The summed E-state index contributed by atoms with van der Waals surface area (Å²) in [6.45, 7) is 2.89. The van der Waals surface area contributed by atoms with Gasteiger partial charge in [0.15, 0.2) is 0 Å². The fraction of sp³-hybridized carbons (Fsp3) is 0.526. The molecule has 1 atom stereocenters. The lowest BCUT2D eigenvalue weighted by atomic mass is 10.1. The summed E-state index contributed by atoms with van der Waals surface area (Å²) in [4.78, 5) is 40.0. The van der Waals surface area contributed by atoms with Crippen molar-refractivity contribution in [1.82, 2.24) is 10.2 Å². The number of amides is 2. The normalized spacial score (nSPS) is 19.7. The van der Waals surface area contributed by atoms with Crippen molar-refractivity contribution in [3.8, 4) is 5.75 Å². The topological polar surface area (TPSA) is 88.2 Å². The molecular weight excluding hydrogens is 350 g/mol. The number of rotatable bonds is 6. The van der Waals surface area contributed by atoms with Crippen LogP contribution in [0.1, 0.15) is 12.8 Å². The van der Waals surface area contributed by atoms with E-state index in [1.807, 2.05) is 24.3 Å². The Morgan fingerprint density at radius 3 is 2.44 bits per heavy atom. The summed E-state index contributed by atoms with van der Waals surface area (Å²) in [5.41, 5.74) is 1.08. The number of hydrogen-bond donors (Lipinski definition) is 1. The van der Waals surface area contributed by atoms with Gasteiger partial charge in [0, 0.05) is 38.5 Å². The highest BCUT2D eigenvalue weighted by atomic mass is 16.5. The predicted octanol–water partition coefficient (Wildman–Crippen LogP) is 0.208. The molecule has 8 heteroatoms. The van der Waals surface area contributed by atoms with Gasteiger partial charge in [-0.05, 0) is 37.1 Å². The molecule has 2 aliphatic heterocycles. The molecule has 1 aromatic carbocycles. The van der Waals surface area contributed by atoms with Gasteiger partial charge in [0.2, 0.25) is 11.7 Å². The number of ketones is 1. The van der Waals surface area contributed by atoms with Crippen molar-refractivity contribution in [2.45, 2.75) is 18.9 Å². The molecular formula is C19H25N3O5. The van der Waals surface area contributed by atoms with Crippen molar-refractivity contribution in [2.75, 3.05) is 51.3 Å². The van der Waals surface area contributed by atoms with Crippen molar-refractivity contribution >= 4 is 23.3 Å². The first-order valence-corrected chi connectivity index (χ1v) is 9.19. The van der Waals surface area contributed by atoms with E-state index >= 15 is 0 Å². The van der Waals surface area contributed by atoms with Crippen LogP contribution in [0.15, 0.2) is 24.3 Å². The first-order chi connectivity index (χ1) is 13.1. The third-order valence-electron chi connectivity index (χ3n) is 4.92. The minimum Gasteiger partial charge on any atom is -0.497 e. The molecule has 2 fully saturated rings. The number of ether oxygens (including phenoxy) is 2. The highest BCUT2D eigenvalue weighted by molar-refractivity contribution is 6.38. The number of methoxy groups -OCH3 is 1. The monoisotopic (exact) mass is 375 g/mol. The second-order valence-electron chi connectivity index (χ2n) is 6.61. The highest BCUT2D eigenvalue weighted by Crippen LogP contribution is 2.20. The first-order valence-electron chi connectivity index (χ1n) is 9.19. The van der Waals surface area contributed by atoms with Crippen molar-refractivity contribution in [2.24, 2.45) is 0 Å². The zero-order valence-corrected chi connectivity index (χ0v) is 15.5. The Bertz CT molecular complexity index is 677. The molecule has 1 N–H and O–H groups in total. The number of carbonyl (C=O) groups excluding carboxylic acids is 3. The molecule has 0 aliphatic carbocycles. The van der Waals surface area contributed by atoms with Crippen molar-refractivity contribution < 1.29 is 23.9 Å². The van der Waals surface area contributed by atoms with Crippen LogP contribution in [0, 0.1) is 0 Å². The Morgan fingerprint density at radius 2 is 1.85 bits per heavy atom. The molecule has 1 unspecified atom stereocenters. The van der Waals surface area contributed by atoms with E-state index in [9.17, 15) is 14.4 Å². The summed E-state index contributed by atoms with van der Waals surface area (Å²) in [7, 11) is 1.63. The van der Waals surface area contributed by atoms with Crippen LogP contribution >= 0.6 is 0 Å². The first kappa shape index (κ1) is 19.2. The maximum Gasteiger partial charge on any atom is 0.290 e. The molecule has 27 heavy (non-hydrogen) atoms. The van der Waals surface area contributed by atoms with Crippen LogP contribution in [-0.4, -0.2) is 75.0 Å². The largest absolute Gasteiger partial charge is 0.497 e. The van der Waals surface area contributed by atoms with Gasteiger partial charge < -0.3 is 24.6 Å². The number of carbonyl (C=O) groups is 3. The predicted molar refractivity (Wildman–Crippen MR) is 98.8 cm³/mol. The number of piperazine rings is 1. The highest BCUT2D eigenvalue weighted by Gasteiger charge is 2.29. The van der Waals surface area contributed by atoms with Crippen LogP contribution in [0.3, 0.4) is 0 Å². The van der Waals surface area contributed by atoms with Gasteiger partial charge >= 0.3 is 0 Å². The fourth-order valence-corrected chi connectivity index (χ4v) is 3.29. The number of benzene rings is 1. The number of nitrogens with zero attached hydrogens (tertiary/aromatic N) is 2. The Morgan fingerprint density at radius 1 is 1.15 bits per heavy atom. The van der Waals surface area contributed by atoms with E-state index in [0.29, 0.717) is 39.2 Å². The average Bonchev–Trinajstić information content (AvgIpc) is 3.26. The van der Waals surface area contributed by atoms with Gasteiger partial charge in [-0.1, -0.05) is 0 Å². The maximum absolute atomic E-state index is 12.3. The summed E-state index contributed by atoms with van der Waals surface area (Å²) >= 11 is 0. The third kappa shape index (κ3) is 4.77. The average molecular weight is 375 g/mol. The molecule has 0 aromatic heterocycles. The van der Waals surface area contributed by atoms with E-state index in [0.717, 1.165) is 17.9 Å². The van der Waals surface area contributed by atoms with Crippen LogP contribution < -0.4 is 15.0 Å². The lowest BCUT2D eigenvalue weighted by Crippen LogP contribution is -2.52. The second kappa shape index (κ2) is 8.85. The van der Waals surface area contributed by atoms with Gasteiger partial charge in [-0.3, -0.25) is 14.4 Å². The van der Waals surface area contributed by atoms with Gasteiger partial charge in [0.05, 0.1) is 13.7 Å². The zero-order chi connectivity index (χ0) is 19.2. The quantitative estimate of drug-likeness (QED) is 0.715. The molecule has 0 bridgehead atoms. The molecule has 2 saturated heterocycles. The number of anilines is 1. The molecule has 146 valence electrons. The van der Waals surface area contributed by atoms with Crippen LogP contribution in [-0.2, 0) is 19.1 Å². The minimum atomic E-state index is -0.743. The minimum absolute atomic E-state index is 0.167. The Balaban J connectivity index is 1.42. The number of Topliss-reactive ketones (excluding diaryl/α,β-unsaturated/α-hetero) is 1. The van der Waals surface area contributed by atoms with E-state index in [-0.39, 0.29) is 12.5 Å².